The molecule has 3 amide bonds. The van der Waals surface area contributed by atoms with Crippen LogP contribution < -0.4 is 16.0 Å². The Bertz CT molecular complexity index is 775. The first-order valence-corrected chi connectivity index (χ1v) is 7.33. The lowest BCUT2D eigenvalue weighted by atomic mass is 10.0. The minimum absolute atomic E-state index is 0.190. The zero-order valence-corrected chi connectivity index (χ0v) is 12.7. The molecule has 2 aromatic heterocycles. The molecule has 7 nitrogen and oxygen atoms in total. The maximum Gasteiger partial charge on any atom is 0.320 e. The van der Waals surface area contributed by atoms with Crippen LogP contribution in [0.15, 0.2) is 30.7 Å². The Balaban J connectivity index is 1.99. The third-order valence-corrected chi connectivity index (χ3v) is 3.85. The number of primary amides is 1. The first-order chi connectivity index (χ1) is 11.1. The lowest BCUT2D eigenvalue weighted by Gasteiger charge is -2.26. The molecule has 23 heavy (non-hydrogen) atoms. The number of nitrogens with zero attached hydrogens (tertiary/aromatic N) is 3. The number of urea groups is 1. The van der Waals surface area contributed by atoms with Crippen molar-refractivity contribution >= 4 is 17.8 Å². The van der Waals surface area contributed by atoms with Gasteiger partial charge < -0.3 is 11.1 Å². The third kappa shape index (κ3) is 2.85. The third-order valence-electron chi connectivity index (χ3n) is 3.85. The normalized spacial score (nSPS) is 13.3. The van der Waals surface area contributed by atoms with Gasteiger partial charge in [-0.1, -0.05) is 0 Å². The van der Waals surface area contributed by atoms with Crippen LogP contribution in [0.3, 0.4) is 0 Å². The zero-order chi connectivity index (χ0) is 16.4. The molecule has 2 aromatic rings. The van der Waals surface area contributed by atoms with E-state index in [1.807, 2.05) is 6.07 Å². The predicted octanol–water partition coefficient (Wildman–Crippen LogP) is 1.33. The second-order valence-electron chi connectivity index (χ2n) is 5.34. The number of aryl methyl sites for hydroxylation is 1. The summed E-state index contributed by atoms with van der Waals surface area (Å²) in [5.41, 5.74) is 8.51. The highest BCUT2D eigenvalue weighted by molar-refractivity contribution is 5.95. The molecular weight excluding hydrogens is 294 g/mol. The van der Waals surface area contributed by atoms with E-state index in [0.717, 1.165) is 29.5 Å². The summed E-state index contributed by atoms with van der Waals surface area (Å²) in [6.07, 6.45) is 6.55. The van der Waals surface area contributed by atoms with Crippen LogP contribution in [0.1, 0.15) is 22.3 Å². The fourth-order valence-electron chi connectivity index (χ4n) is 2.70. The van der Waals surface area contributed by atoms with Crippen molar-refractivity contribution in [3.63, 3.8) is 0 Å². The topological polar surface area (TPSA) is 101 Å². The Kier molecular flexibility index (Phi) is 3.92. The van der Waals surface area contributed by atoms with Gasteiger partial charge in [-0.25, -0.2) is 9.78 Å². The van der Waals surface area contributed by atoms with Crippen molar-refractivity contribution in [3.05, 3.63) is 41.9 Å². The van der Waals surface area contributed by atoms with Gasteiger partial charge in [0.2, 0.25) is 0 Å². The number of amides is 3. The molecule has 3 N–H and O–H groups in total. The number of hydrogen-bond acceptors (Lipinski definition) is 4. The van der Waals surface area contributed by atoms with E-state index in [4.69, 9.17) is 5.73 Å². The van der Waals surface area contributed by atoms with Gasteiger partial charge >= 0.3 is 6.03 Å². The number of carbonyl (C=O) groups is 2. The molecule has 0 saturated heterocycles. The fourth-order valence-corrected chi connectivity index (χ4v) is 2.70. The molecule has 0 aliphatic carbocycles. The van der Waals surface area contributed by atoms with Gasteiger partial charge in [-0.05, 0) is 30.5 Å². The number of anilines is 1. The molecular formula is C16H17N5O2. The van der Waals surface area contributed by atoms with Crippen LogP contribution in [0, 0.1) is 0 Å². The van der Waals surface area contributed by atoms with Gasteiger partial charge in [0.05, 0.1) is 5.56 Å². The van der Waals surface area contributed by atoms with Gasteiger partial charge in [0.15, 0.2) is 0 Å². The van der Waals surface area contributed by atoms with E-state index in [2.05, 4.69) is 15.3 Å². The van der Waals surface area contributed by atoms with E-state index in [0.29, 0.717) is 17.9 Å². The maximum atomic E-state index is 11.7. The summed E-state index contributed by atoms with van der Waals surface area (Å²) >= 11 is 0. The Morgan fingerprint density at radius 1 is 1.22 bits per heavy atom. The fraction of sp³-hybridized carbons (Fsp3) is 0.250. The number of hydrogen-bond donors (Lipinski definition) is 2. The van der Waals surface area contributed by atoms with Crippen molar-refractivity contribution in [2.45, 2.75) is 12.8 Å². The second kappa shape index (κ2) is 6.04. The van der Waals surface area contributed by atoms with E-state index >= 15 is 0 Å². The zero-order valence-electron chi connectivity index (χ0n) is 12.7. The summed E-state index contributed by atoms with van der Waals surface area (Å²) in [5, 5.41) is 2.58. The average molecular weight is 311 g/mol. The molecule has 0 unspecified atom stereocenters. The minimum atomic E-state index is -0.491. The summed E-state index contributed by atoms with van der Waals surface area (Å²) in [4.78, 5) is 33.2. The smallest absolute Gasteiger partial charge is 0.320 e. The largest absolute Gasteiger partial charge is 0.355 e. The number of carbonyl (C=O) groups excluding carboxylic acids is 2. The number of nitrogens with two attached hydrogens (primary N) is 1. The maximum absolute atomic E-state index is 11.7. The van der Waals surface area contributed by atoms with Crippen LogP contribution >= 0.6 is 0 Å². The van der Waals surface area contributed by atoms with Crippen LogP contribution in [-0.4, -0.2) is 35.5 Å². The molecule has 118 valence electrons. The Labute approximate surface area is 133 Å². The van der Waals surface area contributed by atoms with Crippen molar-refractivity contribution < 1.29 is 9.59 Å². The number of nitrogens with one attached hydrogen (secondary N) is 1. The van der Waals surface area contributed by atoms with Crippen LogP contribution in [0.2, 0.25) is 0 Å². The van der Waals surface area contributed by atoms with Gasteiger partial charge in [-0.2, -0.15) is 0 Å². The molecule has 1 aliphatic rings. The van der Waals surface area contributed by atoms with Gasteiger partial charge in [0.1, 0.15) is 5.82 Å². The van der Waals surface area contributed by atoms with Gasteiger partial charge in [-0.15, -0.1) is 0 Å². The number of rotatable bonds is 2. The molecule has 0 spiro atoms. The van der Waals surface area contributed by atoms with Crippen molar-refractivity contribution in [1.82, 2.24) is 15.3 Å². The van der Waals surface area contributed by atoms with Crippen LogP contribution in [0.25, 0.3) is 11.1 Å². The predicted molar refractivity (Wildman–Crippen MR) is 86.1 cm³/mol. The van der Waals surface area contributed by atoms with E-state index in [-0.39, 0.29) is 5.91 Å². The Morgan fingerprint density at radius 3 is 2.74 bits per heavy atom. The van der Waals surface area contributed by atoms with E-state index < -0.39 is 6.03 Å². The van der Waals surface area contributed by atoms with Crippen LogP contribution in [-0.2, 0) is 6.42 Å². The van der Waals surface area contributed by atoms with Crippen molar-refractivity contribution in [2.75, 3.05) is 18.5 Å². The molecule has 1 aliphatic heterocycles. The molecule has 3 heterocycles. The van der Waals surface area contributed by atoms with E-state index in [1.165, 1.54) is 11.1 Å². The molecule has 3 rings (SSSR count). The van der Waals surface area contributed by atoms with Gasteiger partial charge in [0.25, 0.3) is 5.91 Å². The molecule has 0 aromatic carbocycles. The number of fused-ring (bicyclic) bond motifs is 1. The first kappa shape index (κ1) is 15.0. The Morgan fingerprint density at radius 2 is 2.00 bits per heavy atom. The monoisotopic (exact) mass is 311 g/mol. The number of aromatic nitrogens is 2. The molecule has 0 bridgehead atoms. The summed E-state index contributed by atoms with van der Waals surface area (Å²) in [6.45, 7) is 0.586. The van der Waals surface area contributed by atoms with E-state index in [9.17, 15) is 9.59 Å². The number of pyridine rings is 2. The standard InChI is InChI=1S/C16H17N5O2/c1-18-15(22)13-6-11(7-19-8-13)12-5-10-3-2-4-21(16(17)23)14(10)20-9-12/h5-9H,2-4H2,1H3,(H2,17,23)(H,18,22). The quantitative estimate of drug-likeness (QED) is 0.873. The highest BCUT2D eigenvalue weighted by Crippen LogP contribution is 2.29. The summed E-state index contributed by atoms with van der Waals surface area (Å²) in [5.74, 6) is 0.424. The summed E-state index contributed by atoms with van der Waals surface area (Å²) in [7, 11) is 1.58. The lowest BCUT2D eigenvalue weighted by Crippen LogP contribution is -2.40. The molecule has 0 atom stereocenters. The molecule has 0 fully saturated rings. The molecule has 0 radical (unpaired) electrons. The summed E-state index contributed by atoms with van der Waals surface area (Å²) < 4.78 is 0. The van der Waals surface area contributed by atoms with Crippen LogP contribution in [0.5, 0.6) is 0 Å². The SMILES string of the molecule is CNC(=O)c1cncc(-c2cnc3c(c2)CCCN3C(N)=O)c1. The highest BCUT2D eigenvalue weighted by Gasteiger charge is 2.22. The second-order valence-corrected chi connectivity index (χ2v) is 5.34. The Hall–Kier alpha value is -2.96. The van der Waals surface area contributed by atoms with Gasteiger partial charge in [-0.3, -0.25) is 14.7 Å². The van der Waals surface area contributed by atoms with Crippen molar-refractivity contribution in [3.8, 4) is 11.1 Å². The first-order valence-electron chi connectivity index (χ1n) is 7.33. The highest BCUT2D eigenvalue weighted by atomic mass is 16.2. The van der Waals surface area contributed by atoms with Crippen molar-refractivity contribution in [1.29, 1.82) is 0 Å². The van der Waals surface area contributed by atoms with E-state index in [1.54, 1.807) is 25.5 Å². The molecule has 7 heteroatoms. The summed E-state index contributed by atoms with van der Waals surface area (Å²) in [6, 6.07) is 3.25. The van der Waals surface area contributed by atoms with Crippen molar-refractivity contribution in [2.24, 2.45) is 5.73 Å². The van der Waals surface area contributed by atoms with Crippen LogP contribution in [0.4, 0.5) is 10.6 Å². The lowest BCUT2D eigenvalue weighted by molar-refractivity contribution is 0.0962. The molecule has 0 saturated carbocycles. The minimum Gasteiger partial charge on any atom is -0.355 e. The average Bonchev–Trinajstić information content (AvgIpc) is 2.60. The van der Waals surface area contributed by atoms with Gasteiger partial charge in [0, 0.05) is 43.3 Å².